The summed E-state index contributed by atoms with van der Waals surface area (Å²) in [4.78, 5) is 12.4. The zero-order chi connectivity index (χ0) is 15.3. The van der Waals surface area contributed by atoms with Crippen LogP contribution in [0.25, 0.3) is 0 Å². The number of allylic oxidation sites excluding steroid dienone is 5. The van der Waals surface area contributed by atoms with Crippen LogP contribution in [0.3, 0.4) is 0 Å². The van der Waals surface area contributed by atoms with Crippen LogP contribution in [0.1, 0.15) is 51.9 Å². The van der Waals surface area contributed by atoms with Gasteiger partial charge in [-0.25, -0.2) is 0 Å². The average molecular weight is 298 g/mol. The van der Waals surface area contributed by atoms with Gasteiger partial charge < -0.3 is 4.74 Å². The van der Waals surface area contributed by atoms with Gasteiger partial charge in [0.05, 0.1) is 7.11 Å². The van der Waals surface area contributed by atoms with Gasteiger partial charge in [0.2, 0.25) is 0 Å². The summed E-state index contributed by atoms with van der Waals surface area (Å²) in [6.07, 6.45) is 14.4. The van der Waals surface area contributed by atoms with Crippen molar-refractivity contribution in [3.63, 3.8) is 0 Å². The molecule has 0 heterocycles. The van der Waals surface area contributed by atoms with Crippen molar-refractivity contribution in [3.8, 4) is 0 Å². The Morgan fingerprint density at radius 1 is 1.18 bits per heavy atom. The summed E-state index contributed by atoms with van der Waals surface area (Å²) in [6, 6.07) is 0. The zero-order valence-corrected chi connectivity index (χ0v) is 13.7. The molecule has 0 aliphatic heterocycles. The van der Waals surface area contributed by atoms with E-state index in [4.69, 9.17) is 4.74 Å². The molecule has 4 atom stereocenters. The van der Waals surface area contributed by atoms with Crippen molar-refractivity contribution in [1.29, 1.82) is 0 Å². The topological polar surface area (TPSA) is 26.3 Å². The molecule has 0 N–H and O–H groups in total. The first kappa shape index (κ1) is 14.3. The highest BCUT2D eigenvalue weighted by atomic mass is 16.5. The lowest BCUT2D eigenvalue weighted by molar-refractivity contribution is -0.129. The van der Waals surface area contributed by atoms with Crippen LogP contribution >= 0.6 is 0 Å². The third kappa shape index (κ3) is 2.03. The van der Waals surface area contributed by atoms with E-state index in [9.17, 15) is 4.79 Å². The maximum Gasteiger partial charge on any atom is 0.139 e. The van der Waals surface area contributed by atoms with E-state index in [1.54, 1.807) is 12.7 Å². The fraction of sp³-hybridized carbons (Fsp3) is 0.650. The Balaban J connectivity index is 1.70. The largest absolute Gasteiger partial charge is 0.497 e. The summed E-state index contributed by atoms with van der Waals surface area (Å²) < 4.78 is 5.45. The second kappa shape index (κ2) is 5.11. The summed E-state index contributed by atoms with van der Waals surface area (Å²) in [7, 11) is 1.75. The summed E-state index contributed by atoms with van der Waals surface area (Å²) in [6.45, 7) is 2.25. The van der Waals surface area contributed by atoms with Crippen molar-refractivity contribution in [2.75, 3.05) is 7.11 Å². The molecule has 4 aliphatic carbocycles. The van der Waals surface area contributed by atoms with Crippen LogP contribution in [0.2, 0.25) is 0 Å². The van der Waals surface area contributed by atoms with Crippen LogP contribution in [0.5, 0.6) is 0 Å². The lowest BCUT2D eigenvalue weighted by atomic mass is 9.58. The highest BCUT2D eigenvalue weighted by Gasteiger charge is 2.54. The number of methoxy groups -OCH3 is 1. The first-order valence-corrected chi connectivity index (χ1v) is 8.79. The van der Waals surface area contributed by atoms with Crippen LogP contribution < -0.4 is 0 Å². The highest BCUT2D eigenvalue weighted by molar-refractivity contribution is 5.87. The van der Waals surface area contributed by atoms with Gasteiger partial charge in [0.25, 0.3) is 0 Å². The number of hydrogen-bond donors (Lipinski definition) is 0. The van der Waals surface area contributed by atoms with Crippen molar-refractivity contribution in [2.45, 2.75) is 51.9 Å². The molecule has 0 unspecified atom stereocenters. The molecule has 2 heteroatoms. The fourth-order valence-electron chi connectivity index (χ4n) is 5.63. The first-order chi connectivity index (χ1) is 10.6. The number of rotatable bonds is 1. The summed E-state index contributed by atoms with van der Waals surface area (Å²) in [5.41, 5.74) is 3.08. The van der Waals surface area contributed by atoms with Gasteiger partial charge in [0.1, 0.15) is 11.5 Å². The molecule has 4 aliphatic rings. The zero-order valence-electron chi connectivity index (χ0n) is 13.7. The molecule has 3 fully saturated rings. The quantitative estimate of drug-likeness (QED) is 0.708. The predicted octanol–water partition coefficient (Wildman–Crippen LogP) is 4.58. The average Bonchev–Trinajstić information content (AvgIpc) is 2.71. The van der Waals surface area contributed by atoms with Crippen molar-refractivity contribution in [1.82, 2.24) is 0 Å². The lowest BCUT2D eigenvalue weighted by Gasteiger charge is -2.45. The predicted molar refractivity (Wildman–Crippen MR) is 87.2 cm³/mol. The Morgan fingerprint density at radius 3 is 2.86 bits per heavy atom. The van der Waals surface area contributed by atoms with Crippen LogP contribution in [-0.2, 0) is 9.53 Å². The number of ketones is 1. The lowest BCUT2D eigenvalue weighted by Crippen LogP contribution is -2.41. The van der Waals surface area contributed by atoms with E-state index >= 15 is 0 Å². The van der Waals surface area contributed by atoms with Gasteiger partial charge in [-0.1, -0.05) is 24.1 Å². The van der Waals surface area contributed by atoms with Gasteiger partial charge >= 0.3 is 0 Å². The van der Waals surface area contributed by atoms with Crippen molar-refractivity contribution in [2.24, 2.45) is 23.2 Å². The number of hydrogen-bond acceptors (Lipinski definition) is 2. The van der Waals surface area contributed by atoms with E-state index in [0.717, 1.165) is 31.4 Å². The molecule has 2 bridgehead atoms. The van der Waals surface area contributed by atoms with E-state index in [2.05, 4.69) is 25.2 Å². The van der Waals surface area contributed by atoms with Gasteiger partial charge in [-0.3, -0.25) is 4.79 Å². The van der Waals surface area contributed by atoms with E-state index in [1.165, 1.54) is 24.8 Å². The van der Waals surface area contributed by atoms with E-state index < -0.39 is 0 Å². The third-order valence-electron chi connectivity index (χ3n) is 6.90. The molecule has 0 amide bonds. The molecule has 0 aromatic rings. The van der Waals surface area contributed by atoms with Crippen LogP contribution in [-0.4, -0.2) is 12.9 Å². The van der Waals surface area contributed by atoms with Crippen molar-refractivity contribution >= 4 is 5.78 Å². The summed E-state index contributed by atoms with van der Waals surface area (Å²) >= 11 is 0. The molecule has 22 heavy (non-hydrogen) atoms. The minimum atomic E-state index is -0.0157. The minimum Gasteiger partial charge on any atom is -0.497 e. The first-order valence-electron chi connectivity index (χ1n) is 8.79. The van der Waals surface area contributed by atoms with Gasteiger partial charge in [-0.2, -0.15) is 0 Å². The number of Topliss-reactive ketones (excluding diaryl/α,β-unsaturated/α-hetero) is 1. The highest BCUT2D eigenvalue weighted by Crippen LogP contribution is 2.58. The molecule has 0 aromatic heterocycles. The SMILES string of the molecule is COC1=CC=C2CC(=C1)CC[C@H]1[C@@H]2CC[C@@]2(C)C(=O)CC[C@@H]12. The molecule has 0 radical (unpaired) electrons. The van der Waals surface area contributed by atoms with Crippen LogP contribution in [0.15, 0.2) is 35.1 Å². The van der Waals surface area contributed by atoms with E-state index in [0.29, 0.717) is 23.5 Å². The Hall–Kier alpha value is -1.31. The van der Waals surface area contributed by atoms with Crippen molar-refractivity contribution < 1.29 is 9.53 Å². The smallest absolute Gasteiger partial charge is 0.139 e. The maximum atomic E-state index is 12.4. The van der Waals surface area contributed by atoms with E-state index in [1.807, 2.05) is 0 Å². The standard InChI is InChI=1S/C20H26O2/c1-20-10-9-16-14-4-5-15(22-2)12-13(11-14)3-6-17(16)18(20)7-8-19(20)21/h4-5,12,16-18H,3,6-11H2,1-2H3/t16-,17+,18+,20-/m1/s1. The summed E-state index contributed by atoms with van der Waals surface area (Å²) in [5.74, 6) is 3.53. The number of fused-ring (bicyclic) bond motifs is 6. The molecular formula is C20H26O2. The molecule has 118 valence electrons. The van der Waals surface area contributed by atoms with Gasteiger partial charge in [0, 0.05) is 11.8 Å². The van der Waals surface area contributed by atoms with Crippen LogP contribution in [0.4, 0.5) is 0 Å². The molecule has 0 spiro atoms. The Kier molecular flexibility index (Phi) is 3.32. The molecule has 3 saturated carbocycles. The Labute approximate surface area is 133 Å². The normalized spacial score (nSPS) is 40.5. The van der Waals surface area contributed by atoms with Gasteiger partial charge in [-0.05, 0) is 68.4 Å². The fourth-order valence-corrected chi connectivity index (χ4v) is 5.63. The van der Waals surface area contributed by atoms with Gasteiger partial charge in [-0.15, -0.1) is 0 Å². The third-order valence-corrected chi connectivity index (χ3v) is 6.90. The second-order valence-electron chi connectivity index (χ2n) is 7.83. The van der Waals surface area contributed by atoms with Gasteiger partial charge in [0.15, 0.2) is 0 Å². The maximum absolute atomic E-state index is 12.4. The van der Waals surface area contributed by atoms with E-state index in [-0.39, 0.29) is 5.41 Å². The molecule has 0 aromatic carbocycles. The molecule has 2 nitrogen and oxygen atoms in total. The number of carbonyl (C=O) groups excluding carboxylic acids is 1. The number of carbonyl (C=O) groups is 1. The molecular weight excluding hydrogens is 272 g/mol. The number of ether oxygens (including phenoxy) is 1. The van der Waals surface area contributed by atoms with Crippen molar-refractivity contribution in [3.05, 3.63) is 35.1 Å². The molecule has 4 rings (SSSR count). The minimum absolute atomic E-state index is 0.0157. The van der Waals surface area contributed by atoms with Crippen LogP contribution in [0, 0.1) is 23.2 Å². The Morgan fingerprint density at radius 2 is 2.05 bits per heavy atom. The monoisotopic (exact) mass is 298 g/mol. The summed E-state index contributed by atoms with van der Waals surface area (Å²) in [5, 5.41) is 0. The molecule has 0 saturated heterocycles. The Bertz CT molecular complexity index is 595. The second-order valence-corrected chi connectivity index (χ2v) is 7.83.